The van der Waals surface area contributed by atoms with Gasteiger partial charge in [0.15, 0.2) is 0 Å². The number of nitrogens with zero attached hydrogens (tertiary/aromatic N) is 2. The minimum Gasteiger partial charge on any atom is -0.393 e. The van der Waals surface area contributed by atoms with Crippen LogP contribution in [0.5, 0.6) is 0 Å². The van der Waals surface area contributed by atoms with Crippen LogP contribution in [0.4, 0.5) is 0 Å². The lowest BCUT2D eigenvalue weighted by Crippen LogP contribution is -2.14. The summed E-state index contributed by atoms with van der Waals surface area (Å²) >= 11 is 0. The van der Waals surface area contributed by atoms with Crippen LogP contribution in [0.25, 0.3) is 0 Å². The topological polar surface area (TPSA) is 68.4 Å². The van der Waals surface area contributed by atoms with Crippen molar-refractivity contribution in [3.63, 3.8) is 0 Å². The number of aromatic nitrogens is 2. The standard InChI is InChI=1S/C13H24N2O3/c1-8(2)6-10(16)7-11-14-13(15-18-11)12(17-5)9(3)4/h8-10,12,16H,6-7H2,1-5H3. The van der Waals surface area contributed by atoms with Gasteiger partial charge in [0.2, 0.25) is 11.7 Å². The average molecular weight is 256 g/mol. The summed E-state index contributed by atoms with van der Waals surface area (Å²) in [5, 5.41) is 13.7. The number of ether oxygens (including phenoxy) is 1. The zero-order valence-electron chi connectivity index (χ0n) is 11.9. The van der Waals surface area contributed by atoms with Gasteiger partial charge in [-0.05, 0) is 18.3 Å². The quantitative estimate of drug-likeness (QED) is 0.811. The van der Waals surface area contributed by atoms with Crippen LogP contribution in [-0.4, -0.2) is 28.5 Å². The van der Waals surface area contributed by atoms with E-state index in [2.05, 4.69) is 24.0 Å². The molecule has 1 N–H and O–H groups in total. The van der Waals surface area contributed by atoms with Gasteiger partial charge in [-0.1, -0.05) is 32.9 Å². The van der Waals surface area contributed by atoms with Gasteiger partial charge < -0.3 is 14.4 Å². The highest BCUT2D eigenvalue weighted by Crippen LogP contribution is 2.22. The summed E-state index contributed by atoms with van der Waals surface area (Å²) in [5.41, 5.74) is 0. The Bertz CT molecular complexity index is 350. The minimum absolute atomic E-state index is 0.162. The third kappa shape index (κ3) is 4.38. The summed E-state index contributed by atoms with van der Waals surface area (Å²) in [6.45, 7) is 8.22. The predicted molar refractivity (Wildman–Crippen MR) is 68.1 cm³/mol. The summed E-state index contributed by atoms with van der Waals surface area (Å²) < 4.78 is 10.5. The van der Waals surface area contributed by atoms with Crippen molar-refractivity contribution in [2.45, 2.75) is 52.7 Å². The highest BCUT2D eigenvalue weighted by atomic mass is 16.5. The van der Waals surface area contributed by atoms with Crippen molar-refractivity contribution in [2.75, 3.05) is 7.11 Å². The molecule has 0 aliphatic carbocycles. The first-order valence-electron chi connectivity index (χ1n) is 6.47. The Labute approximate surface area is 109 Å². The summed E-state index contributed by atoms with van der Waals surface area (Å²) in [7, 11) is 1.63. The van der Waals surface area contributed by atoms with E-state index in [-0.39, 0.29) is 12.0 Å². The van der Waals surface area contributed by atoms with Crippen LogP contribution in [-0.2, 0) is 11.2 Å². The van der Waals surface area contributed by atoms with Gasteiger partial charge in [0, 0.05) is 7.11 Å². The van der Waals surface area contributed by atoms with Crippen LogP contribution in [0.15, 0.2) is 4.52 Å². The molecule has 5 nitrogen and oxygen atoms in total. The van der Waals surface area contributed by atoms with Gasteiger partial charge in [-0.2, -0.15) is 4.98 Å². The highest BCUT2D eigenvalue weighted by Gasteiger charge is 2.22. The fourth-order valence-electron chi connectivity index (χ4n) is 1.97. The van der Waals surface area contributed by atoms with Gasteiger partial charge in [0.25, 0.3) is 0 Å². The Morgan fingerprint density at radius 2 is 1.94 bits per heavy atom. The molecule has 0 bridgehead atoms. The Balaban J connectivity index is 2.62. The van der Waals surface area contributed by atoms with Crippen molar-refractivity contribution in [1.29, 1.82) is 0 Å². The van der Waals surface area contributed by atoms with Crippen molar-refractivity contribution in [1.82, 2.24) is 10.1 Å². The molecule has 5 heteroatoms. The average Bonchev–Trinajstić information content (AvgIpc) is 2.65. The first kappa shape index (κ1) is 15.1. The van der Waals surface area contributed by atoms with Gasteiger partial charge in [-0.25, -0.2) is 0 Å². The molecule has 1 aromatic heterocycles. The maximum atomic E-state index is 9.83. The van der Waals surface area contributed by atoms with E-state index >= 15 is 0 Å². The predicted octanol–water partition coefficient (Wildman–Crippen LogP) is 2.36. The van der Waals surface area contributed by atoms with Gasteiger partial charge in [0.1, 0.15) is 6.10 Å². The Morgan fingerprint density at radius 1 is 1.28 bits per heavy atom. The lowest BCUT2D eigenvalue weighted by atomic mass is 10.0. The van der Waals surface area contributed by atoms with Gasteiger partial charge >= 0.3 is 0 Å². The molecule has 1 heterocycles. The van der Waals surface area contributed by atoms with E-state index in [4.69, 9.17) is 9.26 Å². The summed E-state index contributed by atoms with van der Waals surface area (Å²) in [6, 6.07) is 0. The third-order valence-corrected chi connectivity index (χ3v) is 2.75. The highest BCUT2D eigenvalue weighted by molar-refractivity contribution is 4.93. The second kappa shape index (κ2) is 6.85. The van der Waals surface area contributed by atoms with E-state index in [1.807, 2.05) is 13.8 Å². The SMILES string of the molecule is COC(c1noc(CC(O)CC(C)C)n1)C(C)C. The van der Waals surface area contributed by atoms with Gasteiger partial charge in [-0.3, -0.25) is 0 Å². The molecule has 1 rings (SSSR count). The number of hydrogen-bond acceptors (Lipinski definition) is 5. The van der Waals surface area contributed by atoms with Gasteiger partial charge in [-0.15, -0.1) is 0 Å². The largest absolute Gasteiger partial charge is 0.393 e. The number of methoxy groups -OCH3 is 1. The van der Waals surface area contributed by atoms with Crippen molar-refractivity contribution in [3.05, 3.63) is 11.7 Å². The van der Waals surface area contributed by atoms with Crippen molar-refractivity contribution >= 4 is 0 Å². The number of aliphatic hydroxyl groups is 1. The van der Waals surface area contributed by atoms with Crippen molar-refractivity contribution < 1.29 is 14.4 Å². The Kier molecular flexibility index (Phi) is 5.75. The maximum Gasteiger partial charge on any atom is 0.229 e. The van der Waals surface area contributed by atoms with E-state index in [9.17, 15) is 5.11 Å². The molecule has 2 unspecified atom stereocenters. The number of rotatable bonds is 7. The van der Waals surface area contributed by atoms with E-state index in [0.29, 0.717) is 24.1 Å². The lowest BCUT2D eigenvalue weighted by molar-refractivity contribution is 0.0555. The second-order valence-electron chi connectivity index (χ2n) is 5.43. The fraction of sp³-hybridized carbons (Fsp3) is 0.846. The molecule has 104 valence electrons. The Hall–Kier alpha value is -0.940. The second-order valence-corrected chi connectivity index (χ2v) is 5.43. The molecule has 0 saturated carbocycles. The monoisotopic (exact) mass is 256 g/mol. The third-order valence-electron chi connectivity index (χ3n) is 2.75. The summed E-state index contributed by atoms with van der Waals surface area (Å²) in [4.78, 5) is 4.29. The molecule has 18 heavy (non-hydrogen) atoms. The molecule has 0 radical (unpaired) electrons. The van der Waals surface area contributed by atoms with E-state index < -0.39 is 6.10 Å². The van der Waals surface area contributed by atoms with Crippen molar-refractivity contribution in [3.8, 4) is 0 Å². The molecule has 2 atom stereocenters. The number of hydrogen-bond donors (Lipinski definition) is 1. The van der Waals surface area contributed by atoms with Crippen LogP contribution >= 0.6 is 0 Å². The molecule has 1 aromatic rings. The zero-order valence-corrected chi connectivity index (χ0v) is 11.9. The molecule has 0 aliphatic rings. The van der Waals surface area contributed by atoms with Crippen LogP contribution < -0.4 is 0 Å². The number of aliphatic hydroxyl groups excluding tert-OH is 1. The molecule has 0 fully saturated rings. The zero-order chi connectivity index (χ0) is 13.7. The molecular formula is C13H24N2O3. The first-order chi connectivity index (χ1) is 8.43. The minimum atomic E-state index is -0.432. The van der Waals surface area contributed by atoms with E-state index in [0.717, 1.165) is 6.42 Å². The van der Waals surface area contributed by atoms with E-state index in [1.54, 1.807) is 7.11 Å². The molecule has 0 aliphatic heterocycles. The van der Waals surface area contributed by atoms with Crippen molar-refractivity contribution in [2.24, 2.45) is 11.8 Å². The van der Waals surface area contributed by atoms with Gasteiger partial charge in [0.05, 0.1) is 12.5 Å². The van der Waals surface area contributed by atoms with E-state index in [1.165, 1.54) is 0 Å². The normalized spacial score (nSPS) is 15.3. The maximum absolute atomic E-state index is 9.83. The fourth-order valence-corrected chi connectivity index (χ4v) is 1.97. The summed E-state index contributed by atoms with van der Waals surface area (Å²) in [5.74, 6) is 1.76. The van der Waals surface area contributed by atoms with Crippen LogP contribution in [0, 0.1) is 11.8 Å². The summed E-state index contributed by atoms with van der Waals surface area (Å²) in [6.07, 6.45) is 0.540. The first-order valence-corrected chi connectivity index (χ1v) is 6.47. The molecule has 0 saturated heterocycles. The Morgan fingerprint density at radius 3 is 2.44 bits per heavy atom. The molecule has 0 spiro atoms. The smallest absolute Gasteiger partial charge is 0.229 e. The lowest BCUT2D eigenvalue weighted by Gasteiger charge is -2.14. The molecule has 0 amide bonds. The molecular weight excluding hydrogens is 232 g/mol. The van der Waals surface area contributed by atoms with Crippen LogP contribution in [0.3, 0.4) is 0 Å². The van der Waals surface area contributed by atoms with Crippen LogP contribution in [0.2, 0.25) is 0 Å². The molecule has 0 aromatic carbocycles. The van der Waals surface area contributed by atoms with Crippen LogP contribution in [0.1, 0.15) is 51.9 Å².